The second-order valence-electron chi connectivity index (χ2n) is 5.30. The average Bonchev–Trinajstić information content (AvgIpc) is 2.48. The lowest BCUT2D eigenvalue weighted by atomic mass is 10.2. The van der Waals surface area contributed by atoms with Gasteiger partial charge in [0, 0.05) is 25.4 Å². The van der Waals surface area contributed by atoms with Crippen LogP contribution in [-0.2, 0) is 13.6 Å². The molecule has 23 heavy (non-hydrogen) atoms. The van der Waals surface area contributed by atoms with Gasteiger partial charge in [-0.05, 0) is 25.5 Å². The first-order valence-corrected chi connectivity index (χ1v) is 11.3. The first kappa shape index (κ1) is 22.8. The highest BCUT2D eigenvalue weighted by Gasteiger charge is 2.22. The molecular weight excluding hydrogens is 333 g/mol. The van der Waals surface area contributed by atoms with Gasteiger partial charge in [0.2, 0.25) is 0 Å². The lowest BCUT2D eigenvalue weighted by Crippen LogP contribution is -2.40. The smallest absolute Gasteiger partial charge is 0.332 e. The van der Waals surface area contributed by atoms with E-state index in [2.05, 4.69) is 36.4 Å². The molecule has 0 aliphatic heterocycles. The van der Waals surface area contributed by atoms with Gasteiger partial charge in [0.05, 0.1) is 19.4 Å². The van der Waals surface area contributed by atoms with E-state index in [0.29, 0.717) is 31.8 Å². The Bertz CT molecular complexity index is 358. The summed E-state index contributed by atoms with van der Waals surface area (Å²) in [4.78, 5) is 4.55. The van der Waals surface area contributed by atoms with Crippen molar-refractivity contribution in [3.05, 3.63) is 0 Å². The van der Waals surface area contributed by atoms with Gasteiger partial charge < -0.3 is 19.7 Å². The maximum atomic E-state index is 12.4. The van der Waals surface area contributed by atoms with Crippen molar-refractivity contribution in [2.45, 2.75) is 34.6 Å². The quantitative estimate of drug-likeness (QED) is 0.225. The minimum absolute atomic E-state index is 0.334. The molecule has 0 saturated carbocycles. The molecule has 0 spiro atoms. The van der Waals surface area contributed by atoms with Crippen molar-refractivity contribution in [1.82, 2.24) is 10.6 Å². The van der Waals surface area contributed by atoms with Crippen molar-refractivity contribution >= 4 is 25.3 Å². The molecule has 0 aromatic rings. The third kappa shape index (κ3) is 12.8. The Morgan fingerprint density at radius 1 is 1.13 bits per heavy atom. The fourth-order valence-corrected chi connectivity index (χ4v) is 3.75. The molecule has 0 unspecified atom stereocenters. The van der Waals surface area contributed by atoms with Crippen LogP contribution in [0.1, 0.15) is 34.6 Å². The molecule has 0 aromatic heterocycles. The topological polar surface area (TPSA) is 72.0 Å². The van der Waals surface area contributed by atoms with Crippen LogP contribution in [0, 0.1) is 5.92 Å². The molecule has 0 aliphatic rings. The maximum Gasteiger partial charge on any atom is 0.332 e. The minimum Gasteiger partial charge on any atom is -0.356 e. The summed E-state index contributed by atoms with van der Waals surface area (Å²) in [5, 5.41) is 6.53. The Morgan fingerprint density at radius 3 is 2.26 bits per heavy atom. The average molecular weight is 367 g/mol. The van der Waals surface area contributed by atoms with Crippen LogP contribution >= 0.6 is 19.4 Å². The molecule has 0 aromatic carbocycles. The molecule has 6 nitrogen and oxygen atoms in total. The predicted molar refractivity (Wildman–Crippen MR) is 102 cm³/mol. The third-order valence-electron chi connectivity index (χ3n) is 2.69. The highest BCUT2D eigenvalue weighted by atomic mass is 32.2. The van der Waals surface area contributed by atoms with Crippen LogP contribution in [0.25, 0.3) is 0 Å². The van der Waals surface area contributed by atoms with Crippen molar-refractivity contribution in [2.75, 3.05) is 50.5 Å². The molecule has 0 atom stereocenters. The molecule has 0 bridgehead atoms. The van der Waals surface area contributed by atoms with Crippen LogP contribution in [0.15, 0.2) is 4.99 Å². The zero-order valence-corrected chi connectivity index (χ0v) is 17.0. The third-order valence-corrected chi connectivity index (χ3v) is 5.66. The van der Waals surface area contributed by atoms with E-state index in [0.717, 1.165) is 30.6 Å². The second-order valence-corrected chi connectivity index (χ2v) is 8.88. The highest BCUT2D eigenvalue weighted by molar-refractivity contribution is 7.99. The summed E-state index contributed by atoms with van der Waals surface area (Å²) in [6.45, 7) is 12.9. The number of hydrogen-bond donors (Lipinski definition) is 2. The number of nitrogens with zero attached hydrogens (tertiary/aromatic N) is 1. The van der Waals surface area contributed by atoms with Crippen LogP contribution < -0.4 is 10.6 Å². The first-order valence-electron chi connectivity index (χ1n) is 8.45. The number of aliphatic imine (C=N–C) groups is 1. The van der Waals surface area contributed by atoms with Crippen LogP contribution in [0.2, 0.25) is 0 Å². The van der Waals surface area contributed by atoms with Gasteiger partial charge in [-0.15, -0.1) is 0 Å². The summed E-state index contributed by atoms with van der Waals surface area (Å²) < 4.78 is 23.0. The number of hydrogen-bond acceptors (Lipinski definition) is 5. The van der Waals surface area contributed by atoms with E-state index >= 15 is 0 Å². The van der Waals surface area contributed by atoms with E-state index in [9.17, 15) is 4.57 Å². The van der Waals surface area contributed by atoms with Crippen molar-refractivity contribution in [3.8, 4) is 0 Å². The van der Waals surface area contributed by atoms with Crippen molar-refractivity contribution in [3.63, 3.8) is 0 Å². The van der Waals surface area contributed by atoms with Gasteiger partial charge in [0.25, 0.3) is 0 Å². The largest absolute Gasteiger partial charge is 0.356 e. The monoisotopic (exact) mass is 367 g/mol. The van der Waals surface area contributed by atoms with E-state index in [-0.39, 0.29) is 0 Å². The van der Waals surface area contributed by atoms with Crippen LogP contribution in [0.4, 0.5) is 0 Å². The molecule has 8 heteroatoms. The van der Waals surface area contributed by atoms with Crippen LogP contribution in [0.3, 0.4) is 0 Å². The molecule has 0 amide bonds. The van der Waals surface area contributed by atoms with E-state index in [1.54, 1.807) is 0 Å². The van der Waals surface area contributed by atoms with Gasteiger partial charge in [-0.2, -0.15) is 11.8 Å². The Hall–Kier alpha value is -0.230. The Labute approximate surface area is 146 Å². The van der Waals surface area contributed by atoms with Crippen molar-refractivity contribution in [2.24, 2.45) is 10.9 Å². The van der Waals surface area contributed by atoms with Gasteiger partial charge in [-0.3, -0.25) is 9.56 Å². The van der Waals surface area contributed by atoms with Crippen LogP contribution in [0.5, 0.6) is 0 Å². The van der Waals surface area contributed by atoms with Crippen molar-refractivity contribution in [1.29, 1.82) is 0 Å². The Balaban J connectivity index is 4.40. The normalized spacial score (nSPS) is 12.7. The summed E-state index contributed by atoms with van der Waals surface area (Å²) in [6.07, 6.45) is 0.334. The molecule has 0 aliphatic carbocycles. The number of thioether (sulfide) groups is 1. The van der Waals surface area contributed by atoms with Gasteiger partial charge in [-0.1, -0.05) is 20.8 Å². The minimum atomic E-state index is -3.00. The zero-order chi connectivity index (χ0) is 17.6. The van der Waals surface area contributed by atoms with Crippen LogP contribution in [-0.4, -0.2) is 56.5 Å². The number of guanidine groups is 1. The zero-order valence-electron chi connectivity index (χ0n) is 15.3. The fraction of sp³-hybridized carbons (Fsp3) is 0.933. The van der Waals surface area contributed by atoms with E-state index in [1.807, 2.05) is 25.6 Å². The lowest BCUT2D eigenvalue weighted by molar-refractivity contribution is 0.220. The molecule has 138 valence electrons. The summed E-state index contributed by atoms with van der Waals surface area (Å²) >= 11 is 1.89. The fourth-order valence-electron chi connectivity index (χ4n) is 1.71. The van der Waals surface area contributed by atoms with Gasteiger partial charge in [0.1, 0.15) is 0 Å². The first-order chi connectivity index (χ1) is 11.0. The molecule has 0 rings (SSSR count). The van der Waals surface area contributed by atoms with Crippen molar-refractivity contribution < 1.29 is 13.6 Å². The van der Waals surface area contributed by atoms with Gasteiger partial charge >= 0.3 is 7.60 Å². The summed E-state index contributed by atoms with van der Waals surface area (Å²) in [5.74, 6) is 3.40. The standard InChI is InChI=1S/C15H34N3O3PS/c1-6-20-22(19,21-7-2)11-9-16-15(18-13-14(4)5)17-10-12-23-8-3/h14H,6-13H2,1-5H3,(H2,16,17,18). The highest BCUT2D eigenvalue weighted by Crippen LogP contribution is 2.47. The van der Waals surface area contributed by atoms with Gasteiger partial charge in [0.15, 0.2) is 5.96 Å². The lowest BCUT2D eigenvalue weighted by Gasteiger charge is -2.18. The maximum absolute atomic E-state index is 12.4. The summed E-state index contributed by atoms with van der Waals surface area (Å²) in [6, 6.07) is 0. The van der Waals surface area contributed by atoms with E-state index < -0.39 is 7.60 Å². The molecular formula is C15H34N3O3PS. The predicted octanol–water partition coefficient (Wildman–Crippen LogP) is 3.20. The second kappa shape index (κ2) is 14.1. The Morgan fingerprint density at radius 2 is 1.74 bits per heavy atom. The van der Waals surface area contributed by atoms with E-state index in [4.69, 9.17) is 9.05 Å². The molecule has 0 heterocycles. The molecule has 0 saturated heterocycles. The Kier molecular flexibility index (Phi) is 14.0. The summed E-state index contributed by atoms with van der Waals surface area (Å²) in [7, 11) is -3.00. The van der Waals surface area contributed by atoms with Gasteiger partial charge in [-0.25, -0.2) is 0 Å². The molecule has 2 N–H and O–H groups in total. The SMILES string of the molecule is CCOP(=O)(CCNC(=NCC(C)C)NCCSCC)OCC. The van der Waals surface area contributed by atoms with E-state index in [1.165, 1.54) is 0 Å². The molecule has 0 fully saturated rings. The number of nitrogens with one attached hydrogen (secondary N) is 2. The summed E-state index contributed by atoms with van der Waals surface area (Å²) in [5.41, 5.74) is 0. The number of rotatable bonds is 13. The molecule has 0 radical (unpaired) electrons.